The number of hydrogen-bond acceptors (Lipinski definition) is 6. The summed E-state index contributed by atoms with van der Waals surface area (Å²) in [5, 5.41) is 15.4. The molecule has 0 aromatic heterocycles. The molecular formula is C35H44N4O5. The Morgan fingerprint density at radius 1 is 0.909 bits per heavy atom. The molecule has 0 atom stereocenters. The lowest BCUT2D eigenvalue weighted by atomic mass is 10.0. The molecule has 0 radical (unpaired) electrons. The van der Waals surface area contributed by atoms with Gasteiger partial charge in [-0.05, 0) is 61.4 Å². The van der Waals surface area contributed by atoms with Gasteiger partial charge >= 0.3 is 6.09 Å². The average molecular weight is 601 g/mol. The lowest BCUT2D eigenvalue weighted by Crippen LogP contribution is -2.40. The van der Waals surface area contributed by atoms with Crippen molar-refractivity contribution in [1.29, 1.82) is 0 Å². The largest absolute Gasteiger partial charge is 0.508 e. The summed E-state index contributed by atoms with van der Waals surface area (Å²) < 4.78 is 5.72. The monoisotopic (exact) mass is 600 g/mol. The van der Waals surface area contributed by atoms with Crippen LogP contribution in [0.15, 0.2) is 78.9 Å². The molecule has 0 spiro atoms. The van der Waals surface area contributed by atoms with Gasteiger partial charge in [0, 0.05) is 58.2 Å². The van der Waals surface area contributed by atoms with Crippen LogP contribution in [0.2, 0.25) is 0 Å². The Bertz CT molecular complexity index is 1340. The Labute approximate surface area is 260 Å². The lowest BCUT2D eigenvalue weighted by molar-refractivity contribution is -0.129. The minimum atomic E-state index is -0.447. The minimum absolute atomic E-state index is 0.0230. The van der Waals surface area contributed by atoms with E-state index in [9.17, 15) is 19.5 Å². The summed E-state index contributed by atoms with van der Waals surface area (Å²) in [4.78, 5) is 41.1. The van der Waals surface area contributed by atoms with E-state index in [1.165, 1.54) is 0 Å². The molecule has 1 aliphatic rings. The number of phenolic OH excluding ortho intramolecular Hbond substituents is 1. The molecule has 3 aromatic carbocycles. The normalized spacial score (nSPS) is 13.7. The minimum Gasteiger partial charge on any atom is -0.508 e. The van der Waals surface area contributed by atoms with E-state index in [2.05, 4.69) is 15.5 Å². The lowest BCUT2D eigenvalue weighted by Gasteiger charge is -2.31. The maximum atomic E-state index is 12.6. The van der Waals surface area contributed by atoms with E-state index in [-0.39, 0.29) is 23.7 Å². The molecule has 1 heterocycles. The van der Waals surface area contributed by atoms with Crippen LogP contribution >= 0.6 is 0 Å². The zero-order valence-electron chi connectivity index (χ0n) is 25.5. The molecule has 9 nitrogen and oxygen atoms in total. The highest BCUT2D eigenvalue weighted by Crippen LogP contribution is 2.28. The van der Waals surface area contributed by atoms with E-state index < -0.39 is 6.09 Å². The van der Waals surface area contributed by atoms with Crippen LogP contribution in [0.3, 0.4) is 0 Å². The number of ether oxygens (including phenoxy) is 1. The molecule has 0 unspecified atom stereocenters. The average Bonchev–Trinajstić information content (AvgIpc) is 3.03. The smallest absolute Gasteiger partial charge is 0.411 e. The zero-order valence-corrected chi connectivity index (χ0v) is 25.5. The van der Waals surface area contributed by atoms with Crippen molar-refractivity contribution in [3.63, 3.8) is 0 Å². The van der Waals surface area contributed by atoms with Gasteiger partial charge in [-0.2, -0.15) is 0 Å². The molecule has 1 saturated heterocycles. The maximum Gasteiger partial charge on any atom is 0.411 e. The molecule has 44 heavy (non-hydrogen) atoms. The number of likely N-dealkylation sites (tertiary alicyclic amines) is 1. The zero-order chi connectivity index (χ0) is 31.1. The Kier molecular flexibility index (Phi) is 12.6. The van der Waals surface area contributed by atoms with Crippen molar-refractivity contribution >= 4 is 23.6 Å². The molecule has 3 amide bonds. The van der Waals surface area contributed by atoms with Crippen LogP contribution in [-0.2, 0) is 20.9 Å². The number of benzene rings is 3. The Morgan fingerprint density at radius 3 is 2.34 bits per heavy atom. The summed E-state index contributed by atoms with van der Waals surface area (Å²) in [7, 11) is 0. The number of phenols is 1. The van der Waals surface area contributed by atoms with Gasteiger partial charge in [-0.1, -0.05) is 60.7 Å². The summed E-state index contributed by atoms with van der Waals surface area (Å²) in [5.41, 5.74) is 3.67. The predicted octanol–water partition coefficient (Wildman–Crippen LogP) is 5.80. The highest BCUT2D eigenvalue weighted by Gasteiger charge is 2.23. The third kappa shape index (κ3) is 10.7. The summed E-state index contributed by atoms with van der Waals surface area (Å²) >= 11 is 0. The Morgan fingerprint density at radius 2 is 1.61 bits per heavy atom. The van der Waals surface area contributed by atoms with Gasteiger partial charge in [0.15, 0.2) is 0 Å². The molecular weight excluding hydrogens is 556 g/mol. The Hall–Kier alpha value is -4.37. The summed E-state index contributed by atoms with van der Waals surface area (Å²) in [5.74, 6) is 0.274. The fourth-order valence-electron chi connectivity index (χ4n) is 5.35. The van der Waals surface area contributed by atoms with Crippen molar-refractivity contribution in [3.8, 4) is 16.9 Å². The molecule has 3 N–H and O–H groups in total. The van der Waals surface area contributed by atoms with Crippen LogP contribution in [-0.4, -0.2) is 71.6 Å². The number of carbonyl (C=O) groups excluding carboxylic acids is 3. The molecule has 0 aliphatic carbocycles. The Balaban J connectivity index is 1.06. The number of unbranched alkanes of at least 4 members (excludes halogenated alkanes) is 2. The number of rotatable bonds is 14. The van der Waals surface area contributed by atoms with Crippen molar-refractivity contribution in [3.05, 3.63) is 84.4 Å². The van der Waals surface area contributed by atoms with E-state index in [1.54, 1.807) is 24.0 Å². The van der Waals surface area contributed by atoms with Gasteiger partial charge in [-0.15, -0.1) is 0 Å². The first-order valence-electron chi connectivity index (χ1n) is 15.5. The van der Waals surface area contributed by atoms with E-state index in [4.69, 9.17) is 4.74 Å². The van der Waals surface area contributed by atoms with Gasteiger partial charge in [0.25, 0.3) is 0 Å². The van der Waals surface area contributed by atoms with Gasteiger partial charge in [0.2, 0.25) is 11.8 Å². The summed E-state index contributed by atoms with van der Waals surface area (Å²) in [6.45, 7) is 5.61. The number of para-hydroxylation sites is 1. The van der Waals surface area contributed by atoms with Crippen molar-refractivity contribution < 1.29 is 24.2 Å². The van der Waals surface area contributed by atoms with Gasteiger partial charge in [-0.3, -0.25) is 14.9 Å². The number of piperidine rings is 1. The number of amides is 3. The topological polar surface area (TPSA) is 111 Å². The van der Waals surface area contributed by atoms with Gasteiger partial charge in [0.05, 0.1) is 5.69 Å². The second-order valence-electron chi connectivity index (χ2n) is 11.3. The van der Waals surface area contributed by atoms with Crippen LogP contribution in [0.4, 0.5) is 10.5 Å². The fraction of sp³-hybridized carbons (Fsp3) is 0.400. The number of nitrogens with one attached hydrogen (secondary N) is 2. The van der Waals surface area contributed by atoms with E-state index in [0.29, 0.717) is 32.6 Å². The number of aromatic hydroxyl groups is 1. The first-order chi connectivity index (χ1) is 21.4. The SMILES string of the molecule is CC(=O)N(CCCCCNC(=O)CCN1CCC(OC(=O)Nc2ccccc2-c2ccccc2)CC1)Cc1ccc(O)cc1. The molecule has 3 aromatic rings. The van der Waals surface area contributed by atoms with E-state index >= 15 is 0 Å². The van der Waals surface area contributed by atoms with Crippen molar-refractivity contribution in [2.75, 3.05) is 38.0 Å². The maximum absolute atomic E-state index is 12.6. The third-order valence-electron chi connectivity index (χ3n) is 7.89. The first kappa shape index (κ1) is 32.5. The highest BCUT2D eigenvalue weighted by atomic mass is 16.6. The molecule has 0 saturated carbocycles. The standard InChI is InChI=1S/C35H44N4O5/c1-27(40)39(26-28-14-16-30(41)17-15-28)22-9-3-8-21-36-34(42)20-25-38-23-18-31(19-24-38)44-35(43)37-33-13-7-6-12-32(33)29-10-4-2-5-11-29/h2,4-7,10-17,31,41H,3,8-9,18-26H2,1H3,(H,36,42)(H,37,43). The second kappa shape index (κ2) is 17.1. The van der Waals surface area contributed by atoms with Crippen LogP contribution in [0.5, 0.6) is 5.75 Å². The van der Waals surface area contributed by atoms with Crippen LogP contribution < -0.4 is 10.6 Å². The van der Waals surface area contributed by atoms with Crippen molar-refractivity contribution in [2.24, 2.45) is 0 Å². The number of hydrogen-bond donors (Lipinski definition) is 3. The third-order valence-corrected chi connectivity index (χ3v) is 7.89. The molecule has 4 rings (SSSR count). The van der Waals surface area contributed by atoms with Gasteiger partial charge < -0.3 is 25.0 Å². The quantitative estimate of drug-likeness (QED) is 0.202. The second-order valence-corrected chi connectivity index (χ2v) is 11.3. The van der Waals surface area contributed by atoms with Crippen molar-refractivity contribution in [1.82, 2.24) is 15.1 Å². The number of nitrogens with zero attached hydrogens (tertiary/aromatic N) is 2. The van der Waals surface area contributed by atoms with Crippen molar-refractivity contribution in [2.45, 2.75) is 58.1 Å². The van der Waals surface area contributed by atoms with Gasteiger partial charge in [-0.25, -0.2) is 4.79 Å². The molecule has 0 bridgehead atoms. The van der Waals surface area contributed by atoms with Crippen LogP contribution in [0, 0.1) is 0 Å². The fourth-order valence-corrected chi connectivity index (χ4v) is 5.35. The van der Waals surface area contributed by atoms with Crippen LogP contribution in [0.25, 0.3) is 11.1 Å². The number of carbonyl (C=O) groups is 3. The molecule has 9 heteroatoms. The first-order valence-corrected chi connectivity index (χ1v) is 15.5. The van der Waals surface area contributed by atoms with Gasteiger partial charge in [0.1, 0.15) is 11.9 Å². The molecule has 1 fully saturated rings. The van der Waals surface area contributed by atoms with E-state index in [1.807, 2.05) is 66.7 Å². The van der Waals surface area contributed by atoms with E-state index in [0.717, 1.165) is 67.6 Å². The molecule has 234 valence electrons. The highest BCUT2D eigenvalue weighted by molar-refractivity contribution is 5.91. The predicted molar refractivity (Wildman–Crippen MR) is 172 cm³/mol. The molecule has 1 aliphatic heterocycles. The van der Waals surface area contributed by atoms with Crippen LogP contribution in [0.1, 0.15) is 51.0 Å². The summed E-state index contributed by atoms with van der Waals surface area (Å²) in [6, 6.07) is 24.5. The number of anilines is 1. The summed E-state index contributed by atoms with van der Waals surface area (Å²) in [6.07, 6.45) is 3.95.